The second kappa shape index (κ2) is 6.80. The molecule has 0 amide bonds. The minimum atomic E-state index is 0.194. The molecular formula is C15H28N2OS. The van der Waals surface area contributed by atoms with Crippen LogP contribution in [0.25, 0.3) is 0 Å². The zero-order chi connectivity index (χ0) is 14.6. The fourth-order valence-corrected chi connectivity index (χ4v) is 2.12. The second-order valence-corrected chi connectivity index (χ2v) is 7.80. The molecule has 110 valence electrons. The van der Waals surface area contributed by atoms with E-state index in [4.69, 9.17) is 4.74 Å². The Labute approximate surface area is 123 Å². The van der Waals surface area contributed by atoms with Crippen LogP contribution in [0.1, 0.15) is 52.3 Å². The molecule has 1 aliphatic carbocycles. The van der Waals surface area contributed by atoms with Crippen LogP contribution < -0.4 is 0 Å². The second-order valence-electron chi connectivity index (χ2n) is 6.46. The van der Waals surface area contributed by atoms with Crippen molar-refractivity contribution >= 4 is 12.6 Å². The number of hydrogen-bond donors (Lipinski definition) is 1. The molecule has 1 aromatic rings. The van der Waals surface area contributed by atoms with Gasteiger partial charge in [-0.3, -0.25) is 4.68 Å². The summed E-state index contributed by atoms with van der Waals surface area (Å²) in [7, 11) is 2.01. The molecule has 0 saturated heterocycles. The zero-order valence-electron chi connectivity index (χ0n) is 13.1. The number of aryl methyl sites for hydroxylation is 2. The lowest BCUT2D eigenvalue weighted by atomic mass is 9.95. The molecule has 0 fully saturated rings. The normalized spacial score (nSPS) is 18.8. The Kier molecular flexibility index (Phi) is 5.93. The van der Waals surface area contributed by atoms with E-state index in [1.54, 1.807) is 0 Å². The van der Waals surface area contributed by atoms with Gasteiger partial charge >= 0.3 is 0 Å². The van der Waals surface area contributed by atoms with Crippen molar-refractivity contribution in [2.24, 2.45) is 7.05 Å². The number of hydrogen-bond acceptors (Lipinski definition) is 3. The highest BCUT2D eigenvalue weighted by Gasteiger charge is 2.22. The summed E-state index contributed by atoms with van der Waals surface area (Å²) in [6.45, 7) is 10.3. The predicted molar refractivity (Wildman–Crippen MR) is 84.0 cm³/mol. The molecule has 1 aromatic heterocycles. The average Bonchev–Trinajstić information content (AvgIpc) is 2.57. The predicted octanol–water partition coefficient (Wildman–Crippen LogP) is 3.42. The van der Waals surface area contributed by atoms with Crippen LogP contribution in [0.3, 0.4) is 0 Å². The topological polar surface area (TPSA) is 27.1 Å². The van der Waals surface area contributed by atoms with Crippen LogP contribution in [-0.2, 0) is 24.6 Å². The molecule has 0 spiro atoms. The van der Waals surface area contributed by atoms with Crippen molar-refractivity contribution in [2.45, 2.75) is 70.8 Å². The lowest BCUT2D eigenvalue weighted by Crippen LogP contribution is -2.26. The fraction of sp³-hybridized carbons (Fsp3) is 0.800. The van der Waals surface area contributed by atoms with Gasteiger partial charge in [0.2, 0.25) is 0 Å². The Balaban J connectivity index is 0.000000312. The summed E-state index contributed by atoms with van der Waals surface area (Å²) in [5, 5.41) is 4.27. The summed E-state index contributed by atoms with van der Waals surface area (Å²) in [4.78, 5) is 0. The number of thiol groups is 1. The molecule has 1 aliphatic rings. The van der Waals surface area contributed by atoms with Gasteiger partial charge in [0.1, 0.15) is 0 Å². The summed E-state index contributed by atoms with van der Waals surface area (Å²) in [5.41, 5.74) is 2.75. The van der Waals surface area contributed by atoms with Gasteiger partial charge in [-0.05, 0) is 32.3 Å². The lowest BCUT2D eigenvalue weighted by molar-refractivity contribution is -0.000137. The standard InChI is InChI=1S/C11H18N2O.C4H10S/c1-8(2)14-10-5-4-9-7-12-13(3)11(9)6-10;1-4(2,3)5/h7-8,10H,4-6H2,1-3H3;5H,1-3H3. The SMILES string of the molecule is CC(C)(C)S.CC(C)OC1CCc2cnn(C)c2C1. The van der Waals surface area contributed by atoms with E-state index in [1.807, 2.05) is 17.9 Å². The Bertz CT molecular complexity index is 387. The summed E-state index contributed by atoms with van der Waals surface area (Å²) in [5.74, 6) is 0. The van der Waals surface area contributed by atoms with Crippen LogP contribution >= 0.6 is 12.6 Å². The van der Waals surface area contributed by atoms with E-state index in [9.17, 15) is 0 Å². The highest BCUT2D eigenvalue weighted by atomic mass is 32.1. The Morgan fingerprint density at radius 3 is 2.53 bits per heavy atom. The van der Waals surface area contributed by atoms with Gasteiger partial charge < -0.3 is 4.74 Å². The molecule has 3 nitrogen and oxygen atoms in total. The quantitative estimate of drug-likeness (QED) is 0.843. The minimum absolute atomic E-state index is 0.194. The maximum absolute atomic E-state index is 5.83. The highest BCUT2D eigenvalue weighted by Crippen LogP contribution is 2.23. The first-order chi connectivity index (χ1) is 8.66. The number of aromatic nitrogens is 2. The van der Waals surface area contributed by atoms with Gasteiger partial charge in [-0.25, -0.2) is 0 Å². The molecule has 0 aliphatic heterocycles. The Morgan fingerprint density at radius 2 is 2.00 bits per heavy atom. The summed E-state index contributed by atoms with van der Waals surface area (Å²) < 4.78 is 8.00. The number of rotatable bonds is 2. The zero-order valence-corrected chi connectivity index (χ0v) is 14.0. The number of nitrogens with zero attached hydrogens (tertiary/aromatic N) is 2. The Morgan fingerprint density at radius 1 is 1.42 bits per heavy atom. The molecular weight excluding hydrogens is 256 g/mol. The van der Waals surface area contributed by atoms with E-state index in [-0.39, 0.29) is 4.75 Å². The van der Waals surface area contributed by atoms with Crippen molar-refractivity contribution in [2.75, 3.05) is 0 Å². The van der Waals surface area contributed by atoms with Crippen LogP contribution in [0.5, 0.6) is 0 Å². The molecule has 1 heterocycles. The van der Waals surface area contributed by atoms with E-state index >= 15 is 0 Å². The first kappa shape index (κ1) is 16.6. The van der Waals surface area contributed by atoms with Crippen molar-refractivity contribution in [3.63, 3.8) is 0 Å². The van der Waals surface area contributed by atoms with Gasteiger partial charge in [0, 0.05) is 23.9 Å². The van der Waals surface area contributed by atoms with Crippen LogP contribution in [0.4, 0.5) is 0 Å². The number of fused-ring (bicyclic) bond motifs is 1. The third kappa shape index (κ3) is 6.48. The molecule has 0 bridgehead atoms. The van der Waals surface area contributed by atoms with Crippen LogP contribution in [0.15, 0.2) is 6.20 Å². The van der Waals surface area contributed by atoms with Crippen molar-refractivity contribution < 1.29 is 4.74 Å². The smallest absolute Gasteiger partial charge is 0.0637 e. The van der Waals surface area contributed by atoms with Gasteiger partial charge in [-0.2, -0.15) is 17.7 Å². The largest absolute Gasteiger partial charge is 0.375 e. The van der Waals surface area contributed by atoms with Gasteiger partial charge in [0.05, 0.1) is 18.4 Å². The maximum atomic E-state index is 5.83. The molecule has 4 heteroatoms. The first-order valence-electron chi connectivity index (χ1n) is 7.04. The molecule has 0 saturated carbocycles. The average molecular weight is 284 g/mol. The summed E-state index contributed by atoms with van der Waals surface area (Å²) in [6, 6.07) is 0. The third-order valence-corrected chi connectivity index (χ3v) is 2.77. The van der Waals surface area contributed by atoms with Crippen LogP contribution in [0, 0.1) is 0 Å². The molecule has 0 N–H and O–H groups in total. The van der Waals surface area contributed by atoms with Gasteiger partial charge in [0.15, 0.2) is 0 Å². The van der Waals surface area contributed by atoms with E-state index in [2.05, 4.69) is 52.3 Å². The van der Waals surface area contributed by atoms with Crippen molar-refractivity contribution in [1.29, 1.82) is 0 Å². The maximum Gasteiger partial charge on any atom is 0.0637 e. The molecule has 0 aromatic carbocycles. The first-order valence-corrected chi connectivity index (χ1v) is 7.49. The lowest BCUT2D eigenvalue weighted by Gasteiger charge is -2.24. The summed E-state index contributed by atoms with van der Waals surface area (Å²) in [6.07, 6.45) is 5.97. The van der Waals surface area contributed by atoms with Gasteiger partial charge in [-0.15, -0.1) is 0 Å². The van der Waals surface area contributed by atoms with Crippen molar-refractivity contribution in [1.82, 2.24) is 9.78 Å². The fourth-order valence-electron chi connectivity index (χ4n) is 2.12. The molecule has 2 rings (SSSR count). The van der Waals surface area contributed by atoms with E-state index in [0.29, 0.717) is 12.2 Å². The molecule has 1 atom stereocenters. The van der Waals surface area contributed by atoms with Crippen LogP contribution in [0.2, 0.25) is 0 Å². The molecule has 1 unspecified atom stereocenters. The van der Waals surface area contributed by atoms with Crippen molar-refractivity contribution in [3.8, 4) is 0 Å². The third-order valence-electron chi connectivity index (χ3n) is 2.77. The molecule has 19 heavy (non-hydrogen) atoms. The van der Waals surface area contributed by atoms with Crippen LogP contribution in [-0.4, -0.2) is 26.7 Å². The Hall–Kier alpha value is -0.480. The van der Waals surface area contributed by atoms with Gasteiger partial charge in [0.25, 0.3) is 0 Å². The van der Waals surface area contributed by atoms with E-state index < -0.39 is 0 Å². The van der Waals surface area contributed by atoms with Crippen molar-refractivity contribution in [3.05, 3.63) is 17.5 Å². The minimum Gasteiger partial charge on any atom is -0.375 e. The highest BCUT2D eigenvalue weighted by molar-refractivity contribution is 7.81. The molecule has 0 radical (unpaired) electrons. The monoisotopic (exact) mass is 284 g/mol. The van der Waals surface area contributed by atoms with E-state index in [0.717, 1.165) is 19.3 Å². The van der Waals surface area contributed by atoms with Gasteiger partial charge in [-0.1, -0.05) is 20.8 Å². The summed E-state index contributed by atoms with van der Waals surface area (Å²) >= 11 is 4.12. The number of ether oxygens (including phenoxy) is 1. The van der Waals surface area contributed by atoms with E-state index in [1.165, 1.54) is 11.3 Å².